The second-order valence-electron chi connectivity index (χ2n) is 3.25. The Morgan fingerprint density at radius 2 is 2.38 bits per heavy atom. The summed E-state index contributed by atoms with van der Waals surface area (Å²) in [5.41, 5.74) is 6.94. The van der Waals surface area contributed by atoms with Crippen LogP contribution in [0.3, 0.4) is 0 Å². The predicted molar refractivity (Wildman–Crippen MR) is 56.0 cm³/mol. The molecule has 1 aliphatic heterocycles. The summed E-state index contributed by atoms with van der Waals surface area (Å²) < 4.78 is 6.61. The van der Waals surface area contributed by atoms with Crippen LogP contribution in [-0.2, 0) is 0 Å². The highest BCUT2D eigenvalue weighted by atomic mass is 79.9. The van der Waals surface area contributed by atoms with E-state index in [0.717, 1.165) is 23.2 Å². The van der Waals surface area contributed by atoms with Crippen LogP contribution in [0.5, 0.6) is 5.75 Å². The van der Waals surface area contributed by atoms with E-state index in [1.807, 2.05) is 12.1 Å². The Hall–Kier alpha value is -0.540. The molecule has 3 heteroatoms. The average molecular weight is 242 g/mol. The Labute approximate surface area is 86.2 Å². The van der Waals surface area contributed by atoms with Crippen molar-refractivity contribution in [2.45, 2.75) is 12.3 Å². The summed E-state index contributed by atoms with van der Waals surface area (Å²) in [7, 11) is 0. The Bertz CT molecular complexity index is 314. The van der Waals surface area contributed by atoms with Crippen LogP contribution in [0.1, 0.15) is 17.9 Å². The van der Waals surface area contributed by atoms with Gasteiger partial charge in [-0.3, -0.25) is 0 Å². The molecule has 0 amide bonds. The van der Waals surface area contributed by atoms with E-state index in [0.29, 0.717) is 12.5 Å². The van der Waals surface area contributed by atoms with Gasteiger partial charge in [-0.15, -0.1) is 0 Å². The summed E-state index contributed by atoms with van der Waals surface area (Å²) in [6, 6.07) is 6.14. The fraction of sp³-hybridized carbons (Fsp3) is 0.400. The molecule has 1 atom stereocenters. The third-order valence-electron chi connectivity index (χ3n) is 2.42. The van der Waals surface area contributed by atoms with E-state index in [2.05, 4.69) is 22.0 Å². The van der Waals surface area contributed by atoms with Gasteiger partial charge < -0.3 is 10.5 Å². The lowest BCUT2D eigenvalue weighted by Gasteiger charge is -2.24. The lowest BCUT2D eigenvalue weighted by Crippen LogP contribution is -2.20. The van der Waals surface area contributed by atoms with Gasteiger partial charge in [-0.25, -0.2) is 0 Å². The van der Waals surface area contributed by atoms with E-state index in [9.17, 15) is 0 Å². The largest absolute Gasteiger partial charge is 0.493 e. The Kier molecular flexibility index (Phi) is 2.56. The van der Waals surface area contributed by atoms with Crippen LogP contribution in [0.4, 0.5) is 0 Å². The van der Waals surface area contributed by atoms with Gasteiger partial charge in [-0.2, -0.15) is 0 Å². The quantitative estimate of drug-likeness (QED) is 0.819. The van der Waals surface area contributed by atoms with E-state index in [4.69, 9.17) is 10.5 Å². The molecule has 0 bridgehead atoms. The Morgan fingerprint density at radius 3 is 3.15 bits per heavy atom. The Morgan fingerprint density at radius 1 is 1.54 bits per heavy atom. The summed E-state index contributed by atoms with van der Waals surface area (Å²) in [5, 5.41) is 0. The number of benzene rings is 1. The first-order chi connectivity index (χ1) is 6.31. The summed E-state index contributed by atoms with van der Waals surface area (Å²) in [6.07, 6.45) is 1.03. The van der Waals surface area contributed by atoms with Crippen molar-refractivity contribution >= 4 is 15.9 Å². The minimum absolute atomic E-state index is 0.469. The van der Waals surface area contributed by atoms with Crippen molar-refractivity contribution in [1.82, 2.24) is 0 Å². The minimum atomic E-state index is 0.469. The second-order valence-corrected chi connectivity index (χ2v) is 4.17. The third-order valence-corrected chi connectivity index (χ3v) is 2.92. The highest BCUT2D eigenvalue weighted by Gasteiger charge is 2.19. The van der Waals surface area contributed by atoms with Crippen LogP contribution in [-0.4, -0.2) is 13.2 Å². The van der Waals surface area contributed by atoms with Crippen molar-refractivity contribution in [3.8, 4) is 5.75 Å². The summed E-state index contributed by atoms with van der Waals surface area (Å²) in [6.45, 7) is 1.49. The summed E-state index contributed by atoms with van der Waals surface area (Å²) in [5.74, 6) is 1.45. The van der Waals surface area contributed by atoms with Crippen molar-refractivity contribution < 1.29 is 4.74 Å². The van der Waals surface area contributed by atoms with Crippen molar-refractivity contribution in [2.75, 3.05) is 13.2 Å². The van der Waals surface area contributed by atoms with Crippen LogP contribution in [0, 0.1) is 0 Å². The standard InChI is InChI=1S/C10H12BrNO/c11-8-1-2-9-7(6-12)3-4-13-10(9)5-8/h1-2,5,7H,3-4,6,12H2. The lowest BCUT2D eigenvalue weighted by molar-refractivity contribution is 0.268. The van der Waals surface area contributed by atoms with Crippen LogP contribution < -0.4 is 10.5 Å². The first-order valence-electron chi connectivity index (χ1n) is 4.43. The van der Waals surface area contributed by atoms with Gasteiger partial charge in [-0.05, 0) is 30.7 Å². The molecule has 2 rings (SSSR count). The maximum absolute atomic E-state index is 5.69. The molecule has 1 aromatic carbocycles. The summed E-state index contributed by atoms with van der Waals surface area (Å²) in [4.78, 5) is 0. The normalized spacial score (nSPS) is 20.6. The molecular weight excluding hydrogens is 230 g/mol. The van der Waals surface area contributed by atoms with Gasteiger partial charge in [-0.1, -0.05) is 22.0 Å². The molecule has 70 valence electrons. The molecule has 1 aromatic rings. The van der Waals surface area contributed by atoms with Crippen LogP contribution >= 0.6 is 15.9 Å². The Balaban J connectivity index is 2.40. The maximum atomic E-state index is 5.69. The van der Waals surface area contributed by atoms with E-state index in [-0.39, 0.29) is 0 Å². The molecule has 0 radical (unpaired) electrons. The highest BCUT2D eigenvalue weighted by Crippen LogP contribution is 2.34. The SMILES string of the molecule is NCC1CCOc2cc(Br)ccc21. The number of hydrogen-bond acceptors (Lipinski definition) is 2. The fourth-order valence-electron chi connectivity index (χ4n) is 1.68. The van der Waals surface area contributed by atoms with Crippen molar-refractivity contribution in [2.24, 2.45) is 5.73 Å². The number of hydrogen-bond donors (Lipinski definition) is 1. The minimum Gasteiger partial charge on any atom is -0.493 e. The van der Waals surface area contributed by atoms with Crippen molar-refractivity contribution in [3.05, 3.63) is 28.2 Å². The van der Waals surface area contributed by atoms with Gasteiger partial charge in [0.25, 0.3) is 0 Å². The van der Waals surface area contributed by atoms with Gasteiger partial charge in [0.2, 0.25) is 0 Å². The molecular formula is C10H12BrNO. The predicted octanol–water partition coefficient (Wildman–Crippen LogP) is 2.27. The van der Waals surface area contributed by atoms with Crippen molar-refractivity contribution in [3.63, 3.8) is 0 Å². The molecule has 0 aliphatic carbocycles. The molecule has 2 N–H and O–H groups in total. The summed E-state index contributed by atoms with van der Waals surface area (Å²) >= 11 is 3.42. The topological polar surface area (TPSA) is 35.2 Å². The van der Waals surface area contributed by atoms with Gasteiger partial charge in [0.15, 0.2) is 0 Å². The van der Waals surface area contributed by atoms with Gasteiger partial charge in [0.05, 0.1) is 6.61 Å². The van der Waals surface area contributed by atoms with E-state index >= 15 is 0 Å². The monoisotopic (exact) mass is 241 g/mol. The van der Waals surface area contributed by atoms with Crippen LogP contribution in [0.2, 0.25) is 0 Å². The first kappa shape index (κ1) is 9.03. The molecule has 0 saturated carbocycles. The van der Waals surface area contributed by atoms with Crippen LogP contribution in [0.25, 0.3) is 0 Å². The highest BCUT2D eigenvalue weighted by molar-refractivity contribution is 9.10. The molecule has 0 aromatic heterocycles. The molecule has 1 aliphatic rings. The maximum Gasteiger partial charge on any atom is 0.123 e. The molecule has 0 fully saturated rings. The third kappa shape index (κ3) is 1.71. The zero-order chi connectivity index (χ0) is 9.26. The second kappa shape index (κ2) is 3.68. The van der Waals surface area contributed by atoms with Gasteiger partial charge in [0, 0.05) is 10.4 Å². The molecule has 13 heavy (non-hydrogen) atoms. The van der Waals surface area contributed by atoms with E-state index in [1.54, 1.807) is 0 Å². The number of ether oxygens (including phenoxy) is 1. The average Bonchev–Trinajstić information content (AvgIpc) is 2.16. The molecule has 2 nitrogen and oxygen atoms in total. The lowest BCUT2D eigenvalue weighted by atomic mass is 9.93. The number of fused-ring (bicyclic) bond motifs is 1. The van der Waals surface area contributed by atoms with Crippen molar-refractivity contribution in [1.29, 1.82) is 0 Å². The zero-order valence-electron chi connectivity index (χ0n) is 7.29. The number of rotatable bonds is 1. The number of nitrogens with two attached hydrogens (primary N) is 1. The van der Waals surface area contributed by atoms with E-state index < -0.39 is 0 Å². The van der Waals surface area contributed by atoms with Gasteiger partial charge in [0.1, 0.15) is 5.75 Å². The first-order valence-corrected chi connectivity index (χ1v) is 5.23. The molecule has 0 saturated heterocycles. The zero-order valence-corrected chi connectivity index (χ0v) is 8.88. The number of halogens is 1. The molecule has 1 heterocycles. The van der Waals surface area contributed by atoms with Crippen LogP contribution in [0.15, 0.2) is 22.7 Å². The van der Waals surface area contributed by atoms with Gasteiger partial charge >= 0.3 is 0 Å². The van der Waals surface area contributed by atoms with E-state index in [1.165, 1.54) is 5.56 Å². The smallest absolute Gasteiger partial charge is 0.123 e. The molecule has 1 unspecified atom stereocenters. The molecule has 0 spiro atoms. The fourth-order valence-corrected chi connectivity index (χ4v) is 2.02.